The summed E-state index contributed by atoms with van der Waals surface area (Å²) in [6, 6.07) is 17.5. The predicted octanol–water partition coefficient (Wildman–Crippen LogP) is 2.43. The first-order valence-electron chi connectivity index (χ1n) is 8.60. The highest BCUT2D eigenvalue weighted by Crippen LogP contribution is 2.21. The second-order valence-electron chi connectivity index (χ2n) is 6.41. The molecule has 2 aromatic carbocycles. The van der Waals surface area contributed by atoms with E-state index in [1.165, 1.54) is 5.56 Å². The molecule has 1 aliphatic rings. The summed E-state index contributed by atoms with van der Waals surface area (Å²) in [4.78, 5) is 26.1. The Labute approximate surface area is 147 Å². The van der Waals surface area contributed by atoms with Gasteiger partial charge in [0.25, 0.3) is 5.91 Å². The van der Waals surface area contributed by atoms with Crippen molar-refractivity contribution in [1.29, 1.82) is 0 Å². The molecule has 0 radical (unpaired) electrons. The quantitative estimate of drug-likeness (QED) is 0.850. The highest BCUT2D eigenvalue weighted by Gasteiger charge is 2.26. The lowest BCUT2D eigenvalue weighted by Gasteiger charge is -2.24. The number of nitrogens with one attached hydrogen (secondary N) is 1. The summed E-state index contributed by atoms with van der Waals surface area (Å²) in [5.74, 6) is -0.660. The van der Waals surface area contributed by atoms with Gasteiger partial charge in [0.2, 0.25) is 5.91 Å². The number of carbonyl (C=O) groups is 2. The fourth-order valence-corrected chi connectivity index (χ4v) is 3.40. The van der Waals surface area contributed by atoms with E-state index in [2.05, 4.69) is 22.3 Å². The Morgan fingerprint density at radius 1 is 1.08 bits per heavy atom. The minimum absolute atomic E-state index is 0.117. The van der Waals surface area contributed by atoms with Crippen LogP contribution >= 0.6 is 0 Å². The minimum atomic E-state index is -0.543. The lowest BCUT2D eigenvalue weighted by atomic mass is 10.0. The molecule has 0 bridgehead atoms. The summed E-state index contributed by atoms with van der Waals surface area (Å²) in [7, 11) is 0. The van der Waals surface area contributed by atoms with Crippen LogP contribution in [0, 0.1) is 0 Å². The molecule has 5 nitrogen and oxygen atoms in total. The Morgan fingerprint density at radius 2 is 1.80 bits per heavy atom. The average molecular weight is 337 g/mol. The molecular weight excluding hydrogens is 314 g/mol. The Bertz CT molecular complexity index is 746. The van der Waals surface area contributed by atoms with Crippen LogP contribution in [0.3, 0.4) is 0 Å². The largest absolute Gasteiger partial charge is 0.366 e. The van der Waals surface area contributed by atoms with Crippen molar-refractivity contribution < 1.29 is 9.59 Å². The average Bonchev–Trinajstić information content (AvgIpc) is 3.02. The van der Waals surface area contributed by atoms with Gasteiger partial charge in [-0.3, -0.25) is 14.5 Å². The summed E-state index contributed by atoms with van der Waals surface area (Å²) in [6.45, 7) is 1.24. The molecule has 0 aromatic heterocycles. The molecule has 1 atom stereocenters. The van der Waals surface area contributed by atoms with Gasteiger partial charge in [0.15, 0.2) is 0 Å². The molecular formula is C20H23N3O2. The van der Waals surface area contributed by atoms with Crippen molar-refractivity contribution in [2.24, 2.45) is 5.73 Å². The van der Waals surface area contributed by atoms with Crippen molar-refractivity contribution in [1.82, 2.24) is 4.90 Å². The third-order valence-corrected chi connectivity index (χ3v) is 4.63. The Morgan fingerprint density at radius 3 is 2.56 bits per heavy atom. The second-order valence-corrected chi connectivity index (χ2v) is 6.41. The van der Waals surface area contributed by atoms with Crippen LogP contribution in [0.1, 0.15) is 28.8 Å². The van der Waals surface area contributed by atoms with Crippen LogP contribution in [0.15, 0.2) is 54.6 Å². The Balaban J connectivity index is 1.61. The van der Waals surface area contributed by atoms with E-state index < -0.39 is 5.91 Å². The van der Waals surface area contributed by atoms with E-state index in [9.17, 15) is 9.59 Å². The lowest BCUT2D eigenvalue weighted by molar-refractivity contribution is -0.117. The summed E-state index contributed by atoms with van der Waals surface area (Å²) < 4.78 is 0. The molecule has 2 amide bonds. The van der Waals surface area contributed by atoms with Crippen LogP contribution in [0.25, 0.3) is 0 Å². The molecule has 3 rings (SSSR count). The van der Waals surface area contributed by atoms with Crippen molar-refractivity contribution in [3.8, 4) is 0 Å². The van der Waals surface area contributed by atoms with Crippen molar-refractivity contribution >= 4 is 17.5 Å². The third-order valence-electron chi connectivity index (χ3n) is 4.63. The highest BCUT2D eigenvalue weighted by atomic mass is 16.2. The molecule has 0 aliphatic carbocycles. The van der Waals surface area contributed by atoms with E-state index in [0.29, 0.717) is 23.8 Å². The number of rotatable bonds is 6. The zero-order valence-corrected chi connectivity index (χ0v) is 14.2. The van der Waals surface area contributed by atoms with Gasteiger partial charge in [-0.1, -0.05) is 42.5 Å². The Hall–Kier alpha value is -2.66. The van der Waals surface area contributed by atoms with Gasteiger partial charge >= 0.3 is 0 Å². The van der Waals surface area contributed by atoms with Gasteiger partial charge in [0.05, 0.1) is 17.8 Å². The monoisotopic (exact) mass is 337 g/mol. The normalized spacial score (nSPS) is 17.4. The van der Waals surface area contributed by atoms with Crippen molar-refractivity contribution in [2.45, 2.75) is 25.3 Å². The van der Waals surface area contributed by atoms with Crippen molar-refractivity contribution in [2.75, 3.05) is 18.4 Å². The zero-order chi connectivity index (χ0) is 17.6. The maximum absolute atomic E-state index is 12.4. The number of anilines is 1. The van der Waals surface area contributed by atoms with Gasteiger partial charge in [-0.25, -0.2) is 0 Å². The predicted molar refractivity (Wildman–Crippen MR) is 98.3 cm³/mol. The van der Waals surface area contributed by atoms with Crippen molar-refractivity contribution in [3.63, 3.8) is 0 Å². The van der Waals surface area contributed by atoms with Crippen molar-refractivity contribution in [3.05, 3.63) is 65.7 Å². The number of nitrogens with two attached hydrogens (primary N) is 1. The molecule has 130 valence electrons. The van der Waals surface area contributed by atoms with Gasteiger partial charge in [-0.05, 0) is 43.5 Å². The standard InChI is InChI=1S/C20H23N3O2/c21-20(25)17-10-4-5-11-18(17)22-19(24)14-23-12-6-9-16(23)13-15-7-2-1-3-8-15/h1-5,7-8,10-11,16H,6,9,12-14H2,(H2,21,25)(H,22,24)/t16-/m0/s1. The molecule has 1 saturated heterocycles. The van der Waals surface area contributed by atoms with Crippen LogP contribution in [0.2, 0.25) is 0 Å². The van der Waals surface area contributed by atoms with Gasteiger partial charge in [0, 0.05) is 6.04 Å². The van der Waals surface area contributed by atoms with E-state index in [-0.39, 0.29) is 5.91 Å². The summed E-state index contributed by atoms with van der Waals surface area (Å²) in [6.07, 6.45) is 3.15. The number of carbonyl (C=O) groups excluding carboxylic acids is 2. The van der Waals surface area contributed by atoms with E-state index >= 15 is 0 Å². The molecule has 5 heteroatoms. The number of hydrogen-bond donors (Lipinski definition) is 2. The van der Waals surface area contributed by atoms with Gasteiger partial charge < -0.3 is 11.1 Å². The second kappa shape index (κ2) is 7.94. The lowest BCUT2D eigenvalue weighted by Crippen LogP contribution is -2.38. The van der Waals surface area contributed by atoms with Crippen LogP contribution in [0.4, 0.5) is 5.69 Å². The van der Waals surface area contributed by atoms with E-state index in [1.807, 2.05) is 18.2 Å². The molecule has 0 saturated carbocycles. The van der Waals surface area contributed by atoms with Crippen LogP contribution in [-0.4, -0.2) is 35.8 Å². The number of benzene rings is 2. The first-order valence-corrected chi connectivity index (χ1v) is 8.60. The first-order chi connectivity index (χ1) is 12.1. The molecule has 0 spiro atoms. The number of hydrogen-bond acceptors (Lipinski definition) is 3. The Kier molecular flexibility index (Phi) is 5.46. The maximum atomic E-state index is 12.4. The number of amides is 2. The summed E-state index contributed by atoms with van der Waals surface area (Å²) in [5.41, 5.74) is 7.45. The van der Waals surface area contributed by atoms with E-state index in [4.69, 9.17) is 5.73 Å². The van der Waals surface area contributed by atoms with E-state index in [0.717, 1.165) is 25.8 Å². The SMILES string of the molecule is NC(=O)c1ccccc1NC(=O)CN1CCC[C@H]1Cc1ccccc1. The molecule has 1 fully saturated rings. The van der Waals surface area contributed by atoms with Gasteiger partial charge in [-0.2, -0.15) is 0 Å². The van der Waals surface area contributed by atoms with Crippen LogP contribution < -0.4 is 11.1 Å². The molecule has 1 aliphatic heterocycles. The molecule has 25 heavy (non-hydrogen) atoms. The van der Waals surface area contributed by atoms with Crippen LogP contribution in [-0.2, 0) is 11.2 Å². The molecule has 0 unspecified atom stereocenters. The number of nitrogens with zero attached hydrogens (tertiary/aromatic N) is 1. The summed E-state index contributed by atoms with van der Waals surface area (Å²) in [5, 5.41) is 2.82. The third kappa shape index (κ3) is 4.45. The number of primary amides is 1. The van der Waals surface area contributed by atoms with Gasteiger partial charge in [0.1, 0.15) is 0 Å². The highest BCUT2D eigenvalue weighted by molar-refractivity contribution is 6.03. The fraction of sp³-hybridized carbons (Fsp3) is 0.300. The zero-order valence-electron chi connectivity index (χ0n) is 14.2. The van der Waals surface area contributed by atoms with Gasteiger partial charge in [-0.15, -0.1) is 0 Å². The maximum Gasteiger partial charge on any atom is 0.250 e. The number of likely N-dealkylation sites (tertiary alicyclic amines) is 1. The minimum Gasteiger partial charge on any atom is -0.366 e. The summed E-state index contributed by atoms with van der Waals surface area (Å²) >= 11 is 0. The molecule has 2 aromatic rings. The molecule has 1 heterocycles. The van der Waals surface area contributed by atoms with Crippen LogP contribution in [0.5, 0.6) is 0 Å². The molecule has 3 N–H and O–H groups in total. The first kappa shape index (κ1) is 17.2. The fourth-order valence-electron chi connectivity index (χ4n) is 3.40. The number of para-hydroxylation sites is 1. The smallest absolute Gasteiger partial charge is 0.250 e. The van der Waals surface area contributed by atoms with E-state index in [1.54, 1.807) is 24.3 Å². The topological polar surface area (TPSA) is 75.4 Å².